The molecule has 0 unspecified atom stereocenters. The second-order valence-corrected chi connectivity index (χ2v) is 7.05. The molecule has 0 atom stereocenters. The van der Waals surface area contributed by atoms with Crippen LogP contribution in [0.15, 0.2) is 36.4 Å². The summed E-state index contributed by atoms with van der Waals surface area (Å²) >= 11 is 6.32. The number of piperazine rings is 1. The van der Waals surface area contributed by atoms with Crippen molar-refractivity contribution in [3.63, 3.8) is 0 Å². The number of ether oxygens (including phenoxy) is 2. The van der Waals surface area contributed by atoms with Crippen LogP contribution in [0.4, 0.5) is 11.4 Å². The first-order chi connectivity index (χ1) is 13.1. The molecule has 0 spiro atoms. The summed E-state index contributed by atoms with van der Waals surface area (Å²) in [5.74, 6) is 1.35. The molecule has 0 amide bonds. The first-order valence-electron chi connectivity index (χ1n) is 8.90. The number of fused-ring (bicyclic) bond motifs is 1. The van der Waals surface area contributed by atoms with Gasteiger partial charge in [0, 0.05) is 50.5 Å². The van der Waals surface area contributed by atoms with Gasteiger partial charge in [0.1, 0.15) is 13.2 Å². The average molecular weight is 390 g/mol. The Kier molecular flexibility index (Phi) is 5.05. The lowest BCUT2D eigenvalue weighted by Crippen LogP contribution is -2.45. The third-order valence-corrected chi connectivity index (χ3v) is 5.14. The Bertz CT molecular complexity index is 836. The summed E-state index contributed by atoms with van der Waals surface area (Å²) in [7, 11) is 0. The van der Waals surface area contributed by atoms with Crippen molar-refractivity contribution in [3.05, 3.63) is 57.1 Å². The van der Waals surface area contributed by atoms with Gasteiger partial charge in [-0.15, -0.1) is 0 Å². The van der Waals surface area contributed by atoms with E-state index in [9.17, 15) is 10.1 Å². The van der Waals surface area contributed by atoms with Crippen molar-refractivity contribution in [1.82, 2.24) is 4.90 Å². The van der Waals surface area contributed by atoms with E-state index < -0.39 is 0 Å². The predicted molar refractivity (Wildman–Crippen MR) is 103 cm³/mol. The summed E-state index contributed by atoms with van der Waals surface area (Å²) in [4.78, 5) is 15.0. The van der Waals surface area contributed by atoms with Gasteiger partial charge in [-0.2, -0.15) is 0 Å². The molecular formula is C19H20ClN3O4. The van der Waals surface area contributed by atoms with Crippen molar-refractivity contribution in [3.8, 4) is 11.5 Å². The molecule has 1 fully saturated rings. The molecule has 2 aliphatic rings. The molecule has 7 nitrogen and oxygen atoms in total. The summed E-state index contributed by atoms with van der Waals surface area (Å²) in [5.41, 5.74) is 2.24. The SMILES string of the molecule is O=[N+]([O-])c1ccc(N2CCN(Cc3cc(Cl)c4c(c3)OCCO4)CC2)cc1. The number of anilines is 1. The third-order valence-electron chi connectivity index (χ3n) is 4.86. The van der Waals surface area contributed by atoms with E-state index in [1.54, 1.807) is 12.1 Å². The van der Waals surface area contributed by atoms with Crippen molar-refractivity contribution in [1.29, 1.82) is 0 Å². The van der Waals surface area contributed by atoms with E-state index in [0.29, 0.717) is 29.7 Å². The fourth-order valence-corrected chi connectivity index (χ4v) is 3.75. The molecule has 142 valence electrons. The second-order valence-electron chi connectivity index (χ2n) is 6.64. The highest BCUT2D eigenvalue weighted by molar-refractivity contribution is 6.32. The molecular weight excluding hydrogens is 370 g/mol. The fourth-order valence-electron chi connectivity index (χ4n) is 3.46. The Morgan fingerprint density at radius 2 is 1.74 bits per heavy atom. The minimum atomic E-state index is -0.375. The van der Waals surface area contributed by atoms with Gasteiger partial charge in [0.25, 0.3) is 5.69 Å². The number of nitro benzene ring substituents is 1. The predicted octanol–water partition coefficient (Wildman–Crippen LogP) is 3.34. The molecule has 8 heteroatoms. The highest BCUT2D eigenvalue weighted by Gasteiger charge is 2.21. The molecule has 1 saturated heterocycles. The monoisotopic (exact) mass is 389 g/mol. The third kappa shape index (κ3) is 3.94. The lowest BCUT2D eigenvalue weighted by molar-refractivity contribution is -0.384. The molecule has 0 bridgehead atoms. The lowest BCUT2D eigenvalue weighted by Gasteiger charge is -2.36. The van der Waals surface area contributed by atoms with Crippen LogP contribution < -0.4 is 14.4 Å². The summed E-state index contributed by atoms with van der Waals surface area (Å²) < 4.78 is 11.2. The van der Waals surface area contributed by atoms with Crippen molar-refractivity contribution < 1.29 is 14.4 Å². The maximum atomic E-state index is 10.8. The van der Waals surface area contributed by atoms with Crippen molar-refractivity contribution in [2.45, 2.75) is 6.54 Å². The molecule has 2 aromatic rings. The Hall–Kier alpha value is -2.51. The van der Waals surface area contributed by atoms with Crippen LogP contribution >= 0.6 is 11.6 Å². The Balaban J connectivity index is 1.37. The van der Waals surface area contributed by atoms with Crippen LogP contribution in [0, 0.1) is 10.1 Å². The van der Waals surface area contributed by atoms with Gasteiger partial charge in [0.05, 0.1) is 9.95 Å². The molecule has 2 aliphatic heterocycles. The van der Waals surface area contributed by atoms with Gasteiger partial charge in [-0.25, -0.2) is 0 Å². The molecule has 0 saturated carbocycles. The molecule has 4 rings (SSSR count). The van der Waals surface area contributed by atoms with Crippen LogP contribution in [-0.2, 0) is 6.54 Å². The number of hydrogen-bond acceptors (Lipinski definition) is 6. The van der Waals surface area contributed by atoms with Crippen LogP contribution in [0.5, 0.6) is 11.5 Å². The lowest BCUT2D eigenvalue weighted by atomic mass is 10.1. The molecule has 2 heterocycles. The first kappa shape index (κ1) is 17.9. The second kappa shape index (κ2) is 7.62. The largest absolute Gasteiger partial charge is 0.486 e. The number of non-ortho nitro benzene ring substituents is 1. The number of rotatable bonds is 4. The first-order valence-corrected chi connectivity index (χ1v) is 9.28. The number of benzene rings is 2. The van der Waals surface area contributed by atoms with E-state index >= 15 is 0 Å². The maximum absolute atomic E-state index is 10.8. The van der Waals surface area contributed by atoms with E-state index in [4.69, 9.17) is 21.1 Å². The number of halogens is 1. The van der Waals surface area contributed by atoms with E-state index in [-0.39, 0.29) is 10.6 Å². The summed E-state index contributed by atoms with van der Waals surface area (Å²) in [6, 6.07) is 10.7. The van der Waals surface area contributed by atoms with Crippen molar-refractivity contribution in [2.75, 3.05) is 44.3 Å². The van der Waals surface area contributed by atoms with Crippen LogP contribution in [0.3, 0.4) is 0 Å². The highest BCUT2D eigenvalue weighted by atomic mass is 35.5. The molecule has 0 N–H and O–H groups in total. The molecule has 27 heavy (non-hydrogen) atoms. The minimum Gasteiger partial charge on any atom is -0.486 e. The highest BCUT2D eigenvalue weighted by Crippen LogP contribution is 2.38. The molecule has 0 aromatic heterocycles. The van der Waals surface area contributed by atoms with Gasteiger partial charge in [-0.05, 0) is 29.8 Å². The number of hydrogen-bond donors (Lipinski definition) is 0. The number of nitro groups is 1. The zero-order chi connectivity index (χ0) is 18.8. The summed E-state index contributed by atoms with van der Waals surface area (Å²) in [5, 5.41) is 11.4. The Morgan fingerprint density at radius 3 is 2.44 bits per heavy atom. The van der Waals surface area contributed by atoms with Crippen LogP contribution in [0.2, 0.25) is 5.02 Å². The minimum absolute atomic E-state index is 0.118. The smallest absolute Gasteiger partial charge is 0.269 e. The van der Waals surface area contributed by atoms with Gasteiger partial charge in [-0.3, -0.25) is 15.0 Å². The van der Waals surface area contributed by atoms with Gasteiger partial charge >= 0.3 is 0 Å². The topological polar surface area (TPSA) is 68.1 Å². The van der Waals surface area contributed by atoms with Gasteiger partial charge in [0.2, 0.25) is 0 Å². The molecule has 0 aliphatic carbocycles. The normalized spacial score (nSPS) is 17.0. The zero-order valence-electron chi connectivity index (χ0n) is 14.8. The van der Waals surface area contributed by atoms with E-state index in [0.717, 1.165) is 44.0 Å². The van der Waals surface area contributed by atoms with Crippen LogP contribution in [0.25, 0.3) is 0 Å². The standard InChI is InChI=1S/C19H20ClN3O4/c20-17-11-14(12-18-19(17)27-10-9-26-18)13-21-5-7-22(8-6-21)15-1-3-16(4-2-15)23(24)25/h1-4,11-12H,5-10,13H2. The van der Waals surface area contributed by atoms with Crippen molar-refractivity contribution >= 4 is 23.0 Å². The Morgan fingerprint density at radius 1 is 1.04 bits per heavy atom. The molecule has 0 radical (unpaired) electrons. The van der Waals surface area contributed by atoms with Crippen LogP contribution in [0.1, 0.15) is 5.56 Å². The summed E-state index contributed by atoms with van der Waals surface area (Å²) in [6.45, 7) is 5.42. The maximum Gasteiger partial charge on any atom is 0.269 e. The van der Waals surface area contributed by atoms with Gasteiger partial charge in [0.15, 0.2) is 11.5 Å². The van der Waals surface area contributed by atoms with E-state index in [1.807, 2.05) is 24.3 Å². The van der Waals surface area contributed by atoms with Crippen molar-refractivity contribution in [2.24, 2.45) is 0 Å². The number of nitrogens with zero attached hydrogens (tertiary/aromatic N) is 3. The van der Waals surface area contributed by atoms with E-state index in [1.165, 1.54) is 0 Å². The van der Waals surface area contributed by atoms with E-state index in [2.05, 4.69) is 9.80 Å². The summed E-state index contributed by atoms with van der Waals surface area (Å²) in [6.07, 6.45) is 0. The van der Waals surface area contributed by atoms with Crippen LogP contribution in [-0.4, -0.2) is 49.2 Å². The van der Waals surface area contributed by atoms with Gasteiger partial charge < -0.3 is 14.4 Å². The Labute approximate surface area is 162 Å². The average Bonchev–Trinajstić information content (AvgIpc) is 2.69. The fraction of sp³-hybridized carbons (Fsp3) is 0.368. The molecule has 2 aromatic carbocycles. The van der Waals surface area contributed by atoms with Gasteiger partial charge in [-0.1, -0.05) is 11.6 Å². The zero-order valence-corrected chi connectivity index (χ0v) is 15.5. The quantitative estimate of drug-likeness (QED) is 0.590.